The van der Waals surface area contributed by atoms with Gasteiger partial charge >= 0.3 is 0 Å². The number of thioether (sulfide) groups is 1. The number of rotatable bonds is 4. The smallest absolute Gasteiger partial charge is 0.190 e. The predicted octanol–water partition coefficient (Wildman–Crippen LogP) is 4.04. The lowest BCUT2D eigenvalue weighted by Crippen LogP contribution is -1.96. The van der Waals surface area contributed by atoms with Gasteiger partial charge in [-0.3, -0.25) is 0 Å². The van der Waals surface area contributed by atoms with Crippen molar-refractivity contribution in [2.75, 3.05) is 18.6 Å². The quantitative estimate of drug-likeness (QED) is 0.524. The Balaban J connectivity index is 2.25. The van der Waals surface area contributed by atoms with E-state index in [1.165, 1.54) is 11.8 Å². The van der Waals surface area contributed by atoms with Gasteiger partial charge in [-0.2, -0.15) is 0 Å². The van der Waals surface area contributed by atoms with Crippen LogP contribution in [0.4, 0.5) is 5.82 Å². The van der Waals surface area contributed by atoms with Gasteiger partial charge in [-0.25, -0.2) is 9.97 Å². The summed E-state index contributed by atoms with van der Waals surface area (Å²) in [4.78, 5) is 9.90. The Morgan fingerprint density at radius 2 is 1.89 bits per heavy atom. The van der Waals surface area contributed by atoms with Crippen molar-refractivity contribution >= 4 is 40.9 Å². The average Bonchev–Trinajstić information content (AvgIpc) is 2.41. The summed E-state index contributed by atoms with van der Waals surface area (Å²) >= 11 is 8.98. The number of nitrogens with zero attached hydrogens (tertiary/aromatic N) is 2. The van der Waals surface area contributed by atoms with Crippen LogP contribution in [0.1, 0.15) is 0 Å². The first-order chi connectivity index (χ1) is 8.71. The van der Waals surface area contributed by atoms with Gasteiger partial charge in [-0.05, 0) is 30.5 Å². The van der Waals surface area contributed by atoms with Crippen molar-refractivity contribution in [3.8, 4) is 0 Å². The molecule has 0 radical (unpaired) electrons. The minimum Gasteiger partial charge on any atom is -0.373 e. The second-order valence-electron chi connectivity index (χ2n) is 3.38. The zero-order chi connectivity index (χ0) is 13.0. The molecular formula is C12H12ClN3S2. The van der Waals surface area contributed by atoms with E-state index in [0.29, 0.717) is 0 Å². The Hall–Kier alpha value is -0.910. The van der Waals surface area contributed by atoms with E-state index in [0.717, 1.165) is 25.9 Å². The average molecular weight is 298 g/mol. The van der Waals surface area contributed by atoms with Crippen LogP contribution in [0.3, 0.4) is 0 Å². The lowest BCUT2D eigenvalue weighted by atomic mass is 10.4. The monoisotopic (exact) mass is 297 g/mol. The first-order valence-corrected chi connectivity index (χ1v) is 7.67. The summed E-state index contributed by atoms with van der Waals surface area (Å²) in [5, 5.41) is 5.46. The highest BCUT2D eigenvalue weighted by atomic mass is 35.5. The van der Waals surface area contributed by atoms with Gasteiger partial charge in [-0.1, -0.05) is 35.1 Å². The Kier molecular flexibility index (Phi) is 4.74. The molecule has 0 saturated carbocycles. The fourth-order valence-electron chi connectivity index (χ4n) is 1.30. The third-order valence-corrected chi connectivity index (χ3v) is 3.88. The third-order valence-electron chi connectivity index (χ3n) is 2.16. The molecule has 0 aliphatic rings. The van der Waals surface area contributed by atoms with Gasteiger partial charge in [0.2, 0.25) is 0 Å². The minimum absolute atomic E-state index is 0.739. The standard InChI is InChI=1S/C12H12ClN3S2/c1-14-10-7-11(16-12(15-10)17-2)18-9-5-3-8(13)4-6-9/h3-7H,1-2H3,(H,14,15,16). The Morgan fingerprint density at radius 1 is 1.17 bits per heavy atom. The summed E-state index contributed by atoms with van der Waals surface area (Å²) in [6, 6.07) is 9.64. The van der Waals surface area contributed by atoms with Crippen molar-refractivity contribution in [2.24, 2.45) is 0 Å². The molecule has 1 aromatic heterocycles. The van der Waals surface area contributed by atoms with Crippen LogP contribution in [-0.2, 0) is 0 Å². The van der Waals surface area contributed by atoms with Crippen LogP contribution in [0.5, 0.6) is 0 Å². The Bertz CT molecular complexity index is 509. The van der Waals surface area contributed by atoms with Gasteiger partial charge in [0.15, 0.2) is 5.16 Å². The number of hydrogen-bond acceptors (Lipinski definition) is 5. The number of halogens is 1. The topological polar surface area (TPSA) is 37.8 Å². The van der Waals surface area contributed by atoms with Crippen molar-refractivity contribution in [3.63, 3.8) is 0 Å². The number of aromatic nitrogens is 2. The number of anilines is 1. The summed E-state index contributed by atoms with van der Waals surface area (Å²) in [6.45, 7) is 0. The molecule has 1 aromatic carbocycles. The van der Waals surface area contributed by atoms with E-state index in [1.54, 1.807) is 11.8 Å². The molecule has 0 atom stereocenters. The predicted molar refractivity (Wildman–Crippen MR) is 78.9 cm³/mol. The highest BCUT2D eigenvalue weighted by molar-refractivity contribution is 7.99. The molecule has 0 saturated heterocycles. The van der Waals surface area contributed by atoms with Crippen LogP contribution >= 0.6 is 35.1 Å². The van der Waals surface area contributed by atoms with E-state index in [-0.39, 0.29) is 0 Å². The van der Waals surface area contributed by atoms with Gasteiger partial charge in [0, 0.05) is 23.0 Å². The second kappa shape index (κ2) is 6.31. The maximum absolute atomic E-state index is 5.86. The molecule has 0 fully saturated rings. The molecule has 0 amide bonds. The van der Waals surface area contributed by atoms with Crippen molar-refractivity contribution < 1.29 is 0 Å². The maximum Gasteiger partial charge on any atom is 0.190 e. The molecule has 0 aliphatic heterocycles. The lowest BCUT2D eigenvalue weighted by molar-refractivity contribution is 0.897. The number of benzene rings is 1. The largest absolute Gasteiger partial charge is 0.373 e. The zero-order valence-electron chi connectivity index (χ0n) is 9.98. The van der Waals surface area contributed by atoms with Crippen molar-refractivity contribution in [2.45, 2.75) is 15.1 Å². The fourth-order valence-corrected chi connectivity index (χ4v) is 2.68. The van der Waals surface area contributed by atoms with Gasteiger partial charge in [0.05, 0.1) is 0 Å². The molecule has 6 heteroatoms. The van der Waals surface area contributed by atoms with E-state index >= 15 is 0 Å². The normalized spacial score (nSPS) is 10.4. The third kappa shape index (κ3) is 3.54. The van der Waals surface area contributed by atoms with E-state index in [4.69, 9.17) is 11.6 Å². The molecule has 2 aromatic rings. The summed E-state index contributed by atoms with van der Waals surface area (Å²) in [7, 11) is 1.85. The molecule has 3 nitrogen and oxygen atoms in total. The molecule has 0 bridgehead atoms. The second-order valence-corrected chi connectivity index (χ2v) is 5.69. The molecule has 18 heavy (non-hydrogen) atoms. The van der Waals surface area contributed by atoms with Gasteiger partial charge in [0.25, 0.3) is 0 Å². The summed E-state index contributed by atoms with van der Waals surface area (Å²) in [6.07, 6.45) is 1.96. The molecule has 0 aliphatic carbocycles. The van der Waals surface area contributed by atoms with E-state index in [9.17, 15) is 0 Å². The highest BCUT2D eigenvalue weighted by Gasteiger charge is 2.05. The van der Waals surface area contributed by atoms with Crippen LogP contribution in [0.25, 0.3) is 0 Å². The highest BCUT2D eigenvalue weighted by Crippen LogP contribution is 2.29. The van der Waals surface area contributed by atoms with Gasteiger partial charge in [-0.15, -0.1) is 0 Å². The fraction of sp³-hybridized carbons (Fsp3) is 0.167. The van der Waals surface area contributed by atoms with Gasteiger partial charge < -0.3 is 5.32 Å². The first kappa shape index (κ1) is 13.5. The zero-order valence-corrected chi connectivity index (χ0v) is 12.4. The van der Waals surface area contributed by atoms with Crippen LogP contribution in [-0.4, -0.2) is 23.3 Å². The molecule has 1 heterocycles. The van der Waals surface area contributed by atoms with Crippen molar-refractivity contribution in [1.29, 1.82) is 0 Å². The molecule has 0 spiro atoms. The molecule has 1 N–H and O–H groups in total. The van der Waals surface area contributed by atoms with Crippen molar-refractivity contribution in [3.05, 3.63) is 35.4 Å². The lowest BCUT2D eigenvalue weighted by Gasteiger charge is -2.06. The van der Waals surface area contributed by atoms with Crippen LogP contribution in [0.15, 0.2) is 45.4 Å². The van der Waals surface area contributed by atoms with E-state index < -0.39 is 0 Å². The SMILES string of the molecule is CNc1cc(Sc2ccc(Cl)cc2)nc(SC)n1. The summed E-state index contributed by atoms with van der Waals surface area (Å²) in [5.41, 5.74) is 0. The number of nitrogens with one attached hydrogen (secondary N) is 1. The molecule has 0 unspecified atom stereocenters. The minimum atomic E-state index is 0.739. The number of hydrogen-bond donors (Lipinski definition) is 1. The summed E-state index contributed by atoms with van der Waals surface area (Å²) in [5.74, 6) is 0.825. The summed E-state index contributed by atoms with van der Waals surface area (Å²) < 4.78 is 0. The van der Waals surface area contributed by atoms with Crippen LogP contribution in [0, 0.1) is 0 Å². The maximum atomic E-state index is 5.86. The first-order valence-electron chi connectivity index (χ1n) is 5.25. The van der Waals surface area contributed by atoms with Crippen molar-refractivity contribution in [1.82, 2.24) is 9.97 Å². The molecule has 94 valence electrons. The van der Waals surface area contributed by atoms with Gasteiger partial charge in [0.1, 0.15) is 10.8 Å². The molecule has 2 rings (SSSR count). The molecular weight excluding hydrogens is 286 g/mol. The van der Waals surface area contributed by atoms with E-state index in [1.807, 2.05) is 43.6 Å². The van der Waals surface area contributed by atoms with Crippen LogP contribution in [0.2, 0.25) is 5.02 Å². The Morgan fingerprint density at radius 3 is 2.50 bits per heavy atom. The van der Waals surface area contributed by atoms with Crippen LogP contribution < -0.4 is 5.32 Å². The van der Waals surface area contributed by atoms with E-state index in [2.05, 4.69) is 15.3 Å². The Labute approximate surface area is 120 Å².